The van der Waals surface area contributed by atoms with E-state index < -0.39 is 16.9 Å². The third kappa shape index (κ3) is 3.29. The molecule has 0 aromatic carbocycles. The Morgan fingerprint density at radius 1 is 1.18 bits per heavy atom. The molecular formula is C15H14IN2O4-. The van der Waals surface area contributed by atoms with E-state index in [0.29, 0.717) is 12.0 Å². The average Bonchev–Trinajstić information content (AvgIpc) is 2.47. The Balaban J connectivity index is 1.88. The molecule has 0 radical (unpaired) electrons. The zero-order valence-electron chi connectivity index (χ0n) is 11.6. The summed E-state index contributed by atoms with van der Waals surface area (Å²) in [5, 5.41) is 0.254. The van der Waals surface area contributed by atoms with Crippen LogP contribution >= 0.6 is 0 Å². The first-order chi connectivity index (χ1) is 10.6. The SMILES string of the molecule is O=c1[nH]c(=O)c2c(CCCC3=CC=C[I-]C3)cc(=O)oc2[nH]1. The van der Waals surface area contributed by atoms with Gasteiger partial charge in [-0.05, 0) is 0 Å². The summed E-state index contributed by atoms with van der Waals surface area (Å²) in [4.78, 5) is 39.3. The molecule has 1 aliphatic heterocycles. The molecule has 2 N–H and O–H groups in total. The van der Waals surface area contributed by atoms with Crippen molar-refractivity contribution in [1.29, 1.82) is 0 Å². The fraction of sp³-hybridized carbons (Fsp3) is 0.267. The number of aromatic amines is 2. The van der Waals surface area contributed by atoms with Gasteiger partial charge in [0.25, 0.3) is 0 Å². The molecule has 0 spiro atoms. The number of halogens is 1. The molecule has 3 rings (SSSR count). The number of hydrogen-bond donors (Lipinski definition) is 2. The molecule has 6 nitrogen and oxygen atoms in total. The van der Waals surface area contributed by atoms with Crippen LogP contribution in [0.4, 0.5) is 0 Å². The van der Waals surface area contributed by atoms with Crippen LogP contribution in [0.5, 0.6) is 0 Å². The third-order valence-corrected chi connectivity index (χ3v) is 5.75. The van der Waals surface area contributed by atoms with E-state index in [9.17, 15) is 14.4 Å². The minimum absolute atomic E-state index is 0.0538. The zero-order chi connectivity index (χ0) is 15.5. The van der Waals surface area contributed by atoms with E-state index in [0.717, 1.165) is 12.8 Å². The quantitative estimate of drug-likeness (QED) is 0.450. The molecule has 0 bridgehead atoms. The van der Waals surface area contributed by atoms with Gasteiger partial charge in [-0.2, -0.15) is 0 Å². The van der Waals surface area contributed by atoms with Crippen molar-refractivity contribution in [3.8, 4) is 0 Å². The summed E-state index contributed by atoms with van der Waals surface area (Å²) in [5.41, 5.74) is 0.218. The van der Waals surface area contributed by atoms with Gasteiger partial charge < -0.3 is 0 Å². The van der Waals surface area contributed by atoms with Gasteiger partial charge in [0.05, 0.1) is 0 Å². The van der Waals surface area contributed by atoms with E-state index in [4.69, 9.17) is 4.42 Å². The molecule has 22 heavy (non-hydrogen) atoms. The summed E-state index contributed by atoms with van der Waals surface area (Å²) in [7, 11) is 0. The summed E-state index contributed by atoms with van der Waals surface area (Å²) >= 11 is 0.150. The van der Waals surface area contributed by atoms with Crippen molar-refractivity contribution in [1.82, 2.24) is 9.97 Å². The predicted molar refractivity (Wildman–Crippen MR) is 78.8 cm³/mol. The van der Waals surface area contributed by atoms with E-state index in [1.807, 2.05) is 0 Å². The van der Waals surface area contributed by atoms with E-state index in [-0.39, 0.29) is 32.3 Å². The summed E-state index contributed by atoms with van der Waals surface area (Å²) in [6.45, 7) is 0. The number of fused-ring (bicyclic) bond motifs is 1. The number of aryl methyl sites for hydroxylation is 1. The van der Waals surface area contributed by atoms with Crippen LogP contribution in [0.25, 0.3) is 11.1 Å². The average molecular weight is 413 g/mol. The first-order valence-electron chi connectivity index (χ1n) is 6.85. The van der Waals surface area contributed by atoms with Crippen molar-refractivity contribution < 1.29 is 25.6 Å². The van der Waals surface area contributed by atoms with Gasteiger partial charge >= 0.3 is 135 Å². The van der Waals surface area contributed by atoms with Gasteiger partial charge in [-0.15, -0.1) is 0 Å². The van der Waals surface area contributed by atoms with Crippen LogP contribution in [0.2, 0.25) is 0 Å². The van der Waals surface area contributed by atoms with Gasteiger partial charge in [-0.1, -0.05) is 0 Å². The van der Waals surface area contributed by atoms with Gasteiger partial charge in [-0.3, -0.25) is 0 Å². The van der Waals surface area contributed by atoms with E-state index in [1.54, 1.807) is 0 Å². The maximum atomic E-state index is 11.9. The van der Waals surface area contributed by atoms with E-state index >= 15 is 0 Å². The van der Waals surface area contributed by atoms with Gasteiger partial charge in [0.1, 0.15) is 0 Å². The fourth-order valence-electron chi connectivity index (χ4n) is 2.44. The number of allylic oxidation sites excluding steroid dienone is 3. The van der Waals surface area contributed by atoms with E-state index in [2.05, 4.69) is 26.2 Å². The number of rotatable bonds is 4. The number of alkyl halides is 1. The molecular weight excluding hydrogens is 399 g/mol. The number of aromatic nitrogens is 2. The van der Waals surface area contributed by atoms with Crippen LogP contribution in [0, 0.1) is 0 Å². The second kappa shape index (κ2) is 6.47. The van der Waals surface area contributed by atoms with Crippen molar-refractivity contribution in [3.05, 3.63) is 64.7 Å². The molecule has 0 saturated heterocycles. The Labute approximate surface area is 135 Å². The van der Waals surface area contributed by atoms with Crippen molar-refractivity contribution in [3.63, 3.8) is 0 Å². The second-order valence-corrected chi connectivity index (χ2v) is 7.35. The number of hydrogen-bond acceptors (Lipinski definition) is 4. The van der Waals surface area contributed by atoms with Crippen LogP contribution in [-0.4, -0.2) is 14.4 Å². The van der Waals surface area contributed by atoms with Crippen LogP contribution < -0.4 is 38.1 Å². The van der Waals surface area contributed by atoms with Crippen molar-refractivity contribution in [2.24, 2.45) is 0 Å². The Morgan fingerprint density at radius 2 is 2.05 bits per heavy atom. The monoisotopic (exact) mass is 413 g/mol. The minimum atomic E-state index is -0.680. The standard InChI is InChI=1S/C15H14IN2O4/c19-11-7-10(5-1-3-9-4-2-6-16-8-9)12-13(20)17-15(21)18-14(12)22-11/h2,4,6-7H,1,3,5,8H2,(H2,17,18,20,21)/q-1. The molecule has 2 aromatic heterocycles. The summed E-state index contributed by atoms with van der Waals surface area (Å²) in [6.07, 6.45) is 6.64. The topological polar surface area (TPSA) is 95.9 Å². The van der Waals surface area contributed by atoms with Crippen molar-refractivity contribution >= 4 is 11.1 Å². The third-order valence-electron chi connectivity index (χ3n) is 3.41. The molecule has 2 aromatic rings. The summed E-state index contributed by atoms with van der Waals surface area (Å²) in [6, 6.07) is 1.33. The normalized spacial score (nSPS) is 14.6. The van der Waals surface area contributed by atoms with Gasteiger partial charge in [-0.25, -0.2) is 0 Å². The van der Waals surface area contributed by atoms with Crippen LogP contribution in [-0.2, 0) is 6.42 Å². The zero-order valence-corrected chi connectivity index (χ0v) is 13.8. The maximum absolute atomic E-state index is 11.9. The first kappa shape index (κ1) is 15.0. The predicted octanol–water partition coefficient (Wildman–Crippen LogP) is -1.96. The molecule has 0 amide bonds. The van der Waals surface area contributed by atoms with Crippen LogP contribution in [0.15, 0.2) is 46.7 Å². The van der Waals surface area contributed by atoms with Gasteiger partial charge in [0.15, 0.2) is 0 Å². The molecule has 0 atom stereocenters. The molecule has 1 aliphatic rings. The molecule has 3 heterocycles. The van der Waals surface area contributed by atoms with Crippen molar-refractivity contribution in [2.45, 2.75) is 19.3 Å². The molecule has 0 unspecified atom stereocenters. The second-order valence-electron chi connectivity index (χ2n) is 4.99. The summed E-state index contributed by atoms with van der Waals surface area (Å²) < 4.78 is 8.32. The first-order valence-corrected chi connectivity index (χ1v) is 9.62. The van der Waals surface area contributed by atoms with Gasteiger partial charge in [0, 0.05) is 0 Å². The Hall–Kier alpha value is -1.90. The van der Waals surface area contributed by atoms with E-state index in [1.165, 1.54) is 16.1 Å². The molecule has 116 valence electrons. The van der Waals surface area contributed by atoms with Gasteiger partial charge in [0.2, 0.25) is 0 Å². The Morgan fingerprint density at radius 3 is 2.82 bits per heavy atom. The molecule has 7 heteroatoms. The van der Waals surface area contributed by atoms with Crippen LogP contribution in [0.1, 0.15) is 18.4 Å². The van der Waals surface area contributed by atoms with Crippen LogP contribution in [0.3, 0.4) is 0 Å². The van der Waals surface area contributed by atoms with Crippen molar-refractivity contribution in [2.75, 3.05) is 4.43 Å². The number of H-pyrrole nitrogens is 2. The Kier molecular flexibility index (Phi) is 4.41. The summed E-state index contributed by atoms with van der Waals surface area (Å²) in [5.74, 6) is 0. The molecule has 0 saturated carbocycles. The fourth-order valence-corrected chi connectivity index (χ4v) is 4.40. The Bertz CT molecular complexity index is 928. The molecule has 0 fully saturated rings. The number of nitrogens with one attached hydrogen (secondary N) is 2. The molecule has 0 aliphatic carbocycles.